The Kier molecular flexibility index (Phi) is 8.54. The van der Waals surface area contributed by atoms with E-state index in [4.69, 9.17) is 14.2 Å². The van der Waals surface area contributed by atoms with Crippen LogP contribution in [0.25, 0.3) is 11.4 Å². The van der Waals surface area contributed by atoms with Gasteiger partial charge in [0, 0.05) is 11.8 Å². The van der Waals surface area contributed by atoms with E-state index in [1.807, 2.05) is 0 Å². The summed E-state index contributed by atoms with van der Waals surface area (Å²) in [5.74, 6) is -1.10. The fourth-order valence-corrected chi connectivity index (χ4v) is 3.44. The van der Waals surface area contributed by atoms with Crippen LogP contribution >= 0.6 is 11.3 Å². The van der Waals surface area contributed by atoms with Gasteiger partial charge < -0.3 is 19.5 Å². The van der Waals surface area contributed by atoms with E-state index < -0.39 is 35.3 Å². The predicted molar refractivity (Wildman–Crippen MR) is 124 cm³/mol. The van der Waals surface area contributed by atoms with Crippen LogP contribution in [0, 0.1) is 0 Å². The summed E-state index contributed by atoms with van der Waals surface area (Å²) in [5, 5.41) is 4.94. The van der Waals surface area contributed by atoms with Gasteiger partial charge in [0.25, 0.3) is 0 Å². The summed E-state index contributed by atoms with van der Waals surface area (Å²) in [4.78, 5) is 45.9. The van der Waals surface area contributed by atoms with E-state index in [9.17, 15) is 14.4 Å². The lowest BCUT2D eigenvalue weighted by Gasteiger charge is -2.26. The first-order valence-corrected chi connectivity index (χ1v) is 11.5. The molecule has 180 valence electrons. The minimum absolute atomic E-state index is 0.108. The summed E-state index contributed by atoms with van der Waals surface area (Å²) in [5.41, 5.74) is -0.219. The van der Waals surface area contributed by atoms with Gasteiger partial charge in [0.1, 0.15) is 22.9 Å². The van der Waals surface area contributed by atoms with Crippen molar-refractivity contribution in [2.24, 2.45) is 0 Å². The quantitative estimate of drug-likeness (QED) is 0.467. The highest BCUT2D eigenvalue weighted by atomic mass is 32.1. The molecule has 0 saturated heterocycles. The Labute approximate surface area is 197 Å². The largest absolute Gasteiger partial charge is 0.461 e. The molecule has 0 aliphatic rings. The number of esters is 2. The maximum Gasteiger partial charge on any atom is 0.408 e. The van der Waals surface area contributed by atoms with Gasteiger partial charge in [0.05, 0.1) is 23.0 Å². The second-order valence-corrected chi connectivity index (χ2v) is 10.1. The number of pyridine rings is 1. The zero-order valence-electron chi connectivity index (χ0n) is 20.1. The molecule has 2 heterocycles. The van der Waals surface area contributed by atoms with Crippen molar-refractivity contribution in [3.05, 3.63) is 34.3 Å². The molecule has 2 aromatic rings. The van der Waals surface area contributed by atoms with Gasteiger partial charge in [0.15, 0.2) is 0 Å². The zero-order chi connectivity index (χ0) is 24.8. The number of nitrogens with one attached hydrogen (secondary N) is 1. The third-order valence-electron chi connectivity index (χ3n) is 3.81. The molecule has 0 aromatic carbocycles. The molecule has 10 heteroatoms. The lowest BCUT2D eigenvalue weighted by Crippen LogP contribution is -2.47. The Morgan fingerprint density at radius 2 is 1.67 bits per heavy atom. The van der Waals surface area contributed by atoms with Gasteiger partial charge in [-0.15, -0.1) is 11.3 Å². The molecule has 1 N–H and O–H groups in total. The first-order valence-electron chi connectivity index (χ1n) is 10.6. The van der Waals surface area contributed by atoms with Crippen LogP contribution in [0.3, 0.4) is 0 Å². The van der Waals surface area contributed by atoms with Crippen LogP contribution in [-0.4, -0.2) is 51.9 Å². The molecule has 0 fully saturated rings. The second-order valence-electron chi connectivity index (χ2n) is 9.19. The van der Waals surface area contributed by atoms with Gasteiger partial charge in [-0.3, -0.25) is 0 Å². The van der Waals surface area contributed by atoms with Crippen LogP contribution in [0.2, 0.25) is 0 Å². The minimum atomic E-state index is -0.989. The van der Waals surface area contributed by atoms with Gasteiger partial charge >= 0.3 is 18.0 Å². The zero-order valence-corrected chi connectivity index (χ0v) is 20.9. The molecule has 0 unspecified atom stereocenters. The lowest BCUT2D eigenvalue weighted by molar-refractivity contribution is -0.157. The van der Waals surface area contributed by atoms with Crippen molar-refractivity contribution < 1.29 is 28.6 Å². The van der Waals surface area contributed by atoms with Crippen LogP contribution in [0.5, 0.6) is 0 Å². The molecule has 0 saturated carbocycles. The smallest absolute Gasteiger partial charge is 0.408 e. The average Bonchev–Trinajstić information content (AvgIpc) is 3.13. The second kappa shape index (κ2) is 10.7. The van der Waals surface area contributed by atoms with Gasteiger partial charge in [-0.05, 0) is 60.6 Å². The fourth-order valence-electron chi connectivity index (χ4n) is 2.61. The Morgan fingerprint density at radius 3 is 2.27 bits per heavy atom. The molecule has 0 bridgehead atoms. The Balaban J connectivity index is 2.22. The molecule has 1 atom stereocenters. The highest BCUT2D eigenvalue weighted by Crippen LogP contribution is 2.22. The number of nitrogens with zero attached hydrogens (tertiary/aromatic N) is 2. The fraction of sp³-hybridized carbons (Fsp3) is 0.522. The van der Waals surface area contributed by atoms with Crippen LogP contribution < -0.4 is 5.32 Å². The summed E-state index contributed by atoms with van der Waals surface area (Å²) in [6.07, 6.45) is -0.616. The van der Waals surface area contributed by atoms with E-state index in [0.29, 0.717) is 16.4 Å². The molecule has 0 radical (unpaired) electrons. The minimum Gasteiger partial charge on any atom is -0.461 e. The van der Waals surface area contributed by atoms with Gasteiger partial charge in [-0.25, -0.2) is 24.4 Å². The number of aromatic nitrogens is 2. The molecule has 0 aliphatic heterocycles. The monoisotopic (exact) mass is 477 g/mol. The number of ether oxygens (including phenoxy) is 3. The SMILES string of the molecule is CCOC(=O)c1cccc(-c2csc(C[C@H](NC(=O)OC(C)(C)C)C(=O)OC(C)(C)C)n2)n1. The molecule has 0 spiro atoms. The maximum atomic E-state index is 12.7. The van der Waals surface area contributed by atoms with Crippen molar-refractivity contribution in [3.63, 3.8) is 0 Å². The number of alkyl carbamates (subject to hydrolysis) is 1. The Bertz CT molecular complexity index is 991. The molecular weight excluding hydrogens is 446 g/mol. The average molecular weight is 478 g/mol. The van der Waals surface area contributed by atoms with E-state index in [2.05, 4.69) is 15.3 Å². The van der Waals surface area contributed by atoms with Crippen molar-refractivity contribution in [2.45, 2.75) is 72.1 Å². The van der Waals surface area contributed by atoms with E-state index in [0.717, 1.165) is 0 Å². The first kappa shape index (κ1) is 26.2. The van der Waals surface area contributed by atoms with E-state index in [1.165, 1.54) is 11.3 Å². The third kappa shape index (κ3) is 8.80. The van der Waals surface area contributed by atoms with Crippen LogP contribution in [0.4, 0.5) is 4.79 Å². The highest BCUT2D eigenvalue weighted by Gasteiger charge is 2.30. The number of carbonyl (C=O) groups excluding carboxylic acids is 3. The number of hydrogen-bond donors (Lipinski definition) is 1. The highest BCUT2D eigenvalue weighted by molar-refractivity contribution is 7.10. The third-order valence-corrected chi connectivity index (χ3v) is 4.68. The number of amides is 1. The number of rotatable bonds is 7. The predicted octanol–water partition coefficient (Wildman–Crippen LogP) is 4.16. The van der Waals surface area contributed by atoms with Gasteiger partial charge in [0.2, 0.25) is 0 Å². The van der Waals surface area contributed by atoms with Crippen LogP contribution in [-0.2, 0) is 25.4 Å². The summed E-state index contributed by atoms with van der Waals surface area (Å²) < 4.78 is 15.7. The van der Waals surface area contributed by atoms with E-state index >= 15 is 0 Å². The van der Waals surface area contributed by atoms with Crippen molar-refractivity contribution in [1.29, 1.82) is 0 Å². The Hall–Kier alpha value is -3.01. The molecule has 2 rings (SSSR count). The van der Waals surface area contributed by atoms with E-state index in [1.54, 1.807) is 72.0 Å². The maximum absolute atomic E-state index is 12.7. The number of hydrogen-bond acceptors (Lipinski definition) is 9. The normalized spacial score (nSPS) is 12.6. The Morgan fingerprint density at radius 1 is 1.00 bits per heavy atom. The molecule has 9 nitrogen and oxygen atoms in total. The topological polar surface area (TPSA) is 117 Å². The van der Waals surface area contributed by atoms with Crippen LogP contribution in [0.15, 0.2) is 23.6 Å². The van der Waals surface area contributed by atoms with Crippen LogP contribution in [0.1, 0.15) is 64.0 Å². The summed E-state index contributed by atoms with van der Waals surface area (Å²) in [6.45, 7) is 12.4. The summed E-state index contributed by atoms with van der Waals surface area (Å²) in [7, 11) is 0. The van der Waals surface area contributed by atoms with Crippen molar-refractivity contribution in [3.8, 4) is 11.4 Å². The molecule has 2 aromatic heterocycles. The van der Waals surface area contributed by atoms with Crippen molar-refractivity contribution in [1.82, 2.24) is 15.3 Å². The van der Waals surface area contributed by atoms with Crippen molar-refractivity contribution >= 4 is 29.4 Å². The molecular formula is C23H31N3O6S. The van der Waals surface area contributed by atoms with Gasteiger partial charge in [-0.2, -0.15) is 0 Å². The molecule has 33 heavy (non-hydrogen) atoms. The van der Waals surface area contributed by atoms with Crippen molar-refractivity contribution in [2.75, 3.05) is 6.61 Å². The lowest BCUT2D eigenvalue weighted by atomic mass is 10.1. The first-order chi connectivity index (χ1) is 15.3. The number of thiazole rings is 1. The molecule has 0 aliphatic carbocycles. The van der Waals surface area contributed by atoms with E-state index in [-0.39, 0.29) is 18.7 Å². The molecule has 1 amide bonds. The summed E-state index contributed by atoms with van der Waals surface area (Å²) >= 11 is 1.31. The number of carbonyl (C=O) groups is 3. The van der Waals surface area contributed by atoms with Gasteiger partial charge in [-0.1, -0.05) is 6.07 Å². The summed E-state index contributed by atoms with van der Waals surface area (Å²) in [6, 6.07) is 4.00. The standard InChI is InChI=1S/C23H31N3O6S/c1-8-30-19(27)15-11-9-10-14(24-15)17-13-33-18(25-17)12-16(20(28)31-22(2,3)4)26-21(29)32-23(5,6)7/h9-11,13,16H,8,12H2,1-7H3,(H,26,29)/t16-/m0/s1.